The molecule has 0 saturated heterocycles. The van der Waals surface area contributed by atoms with E-state index in [9.17, 15) is 0 Å². The third kappa shape index (κ3) is 3.23. The van der Waals surface area contributed by atoms with E-state index in [4.69, 9.17) is 0 Å². The lowest BCUT2D eigenvalue weighted by atomic mass is 9.87. The highest BCUT2D eigenvalue weighted by molar-refractivity contribution is 9.10. The zero-order chi connectivity index (χ0) is 10.7. The SMILES string of the molecule is CC1CCCC(Nc2cccc(Br)c2)C1. The average molecular weight is 268 g/mol. The zero-order valence-electron chi connectivity index (χ0n) is 9.17. The molecule has 82 valence electrons. The zero-order valence-corrected chi connectivity index (χ0v) is 10.8. The number of halogens is 1. The van der Waals surface area contributed by atoms with Crippen LogP contribution in [0.15, 0.2) is 28.7 Å². The number of rotatable bonds is 2. The maximum Gasteiger partial charge on any atom is 0.0353 e. The minimum atomic E-state index is 0.669. The molecule has 0 radical (unpaired) electrons. The van der Waals surface area contributed by atoms with E-state index in [0.717, 1.165) is 10.4 Å². The second-order valence-electron chi connectivity index (χ2n) is 4.62. The Labute approximate surface area is 100 Å². The average Bonchev–Trinajstić information content (AvgIpc) is 2.17. The van der Waals surface area contributed by atoms with Crippen LogP contribution in [-0.2, 0) is 0 Å². The van der Waals surface area contributed by atoms with Gasteiger partial charge in [-0.1, -0.05) is 41.8 Å². The van der Waals surface area contributed by atoms with Crippen molar-refractivity contribution in [2.45, 2.75) is 38.6 Å². The van der Waals surface area contributed by atoms with Gasteiger partial charge >= 0.3 is 0 Å². The fourth-order valence-corrected chi connectivity index (χ4v) is 2.78. The molecule has 1 aliphatic rings. The van der Waals surface area contributed by atoms with Crippen LogP contribution in [0.3, 0.4) is 0 Å². The molecule has 1 aliphatic carbocycles. The molecule has 0 spiro atoms. The van der Waals surface area contributed by atoms with Gasteiger partial charge in [-0.15, -0.1) is 0 Å². The van der Waals surface area contributed by atoms with Crippen LogP contribution in [-0.4, -0.2) is 6.04 Å². The van der Waals surface area contributed by atoms with Crippen molar-refractivity contribution in [1.29, 1.82) is 0 Å². The van der Waals surface area contributed by atoms with E-state index >= 15 is 0 Å². The van der Waals surface area contributed by atoms with Gasteiger partial charge in [0.1, 0.15) is 0 Å². The molecule has 15 heavy (non-hydrogen) atoms. The molecule has 0 heterocycles. The Morgan fingerprint density at radius 2 is 2.20 bits per heavy atom. The molecule has 2 atom stereocenters. The summed E-state index contributed by atoms with van der Waals surface area (Å²) < 4.78 is 1.15. The Kier molecular flexibility index (Phi) is 3.68. The highest BCUT2D eigenvalue weighted by Gasteiger charge is 2.18. The van der Waals surface area contributed by atoms with Crippen LogP contribution in [0.5, 0.6) is 0 Å². The number of benzene rings is 1. The van der Waals surface area contributed by atoms with Gasteiger partial charge in [-0.25, -0.2) is 0 Å². The number of nitrogens with one attached hydrogen (secondary N) is 1. The highest BCUT2D eigenvalue weighted by atomic mass is 79.9. The van der Waals surface area contributed by atoms with Gasteiger partial charge in [0.25, 0.3) is 0 Å². The van der Waals surface area contributed by atoms with Gasteiger partial charge in [-0.3, -0.25) is 0 Å². The van der Waals surface area contributed by atoms with Crippen LogP contribution in [0.2, 0.25) is 0 Å². The second kappa shape index (κ2) is 5.02. The van der Waals surface area contributed by atoms with E-state index < -0.39 is 0 Å². The summed E-state index contributed by atoms with van der Waals surface area (Å²) in [5.41, 5.74) is 1.24. The van der Waals surface area contributed by atoms with Crippen LogP contribution in [0.1, 0.15) is 32.6 Å². The molecule has 2 heteroatoms. The van der Waals surface area contributed by atoms with Gasteiger partial charge < -0.3 is 5.32 Å². The van der Waals surface area contributed by atoms with Crippen molar-refractivity contribution in [1.82, 2.24) is 0 Å². The summed E-state index contributed by atoms with van der Waals surface area (Å²) in [7, 11) is 0. The summed E-state index contributed by atoms with van der Waals surface area (Å²) in [5, 5.41) is 3.62. The van der Waals surface area contributed by atoms with E-state index in [-0.39, 0.29) is 0 Å². The van der Waals surface area contributed by atoms with Crippen molar-refractivity contribution < 1.29 is 0 Å². The predicted molar refractivity (Wildman–Crippen MR) is 69.2 cm³/mol. The quantitative estimate of drug-likeness (QED) is 0.836. The summed E-state index contributed by atoms with van der Waals surface area (Å²) in [6, 6.07) is 9.11. The molecule has 1 saturated carbocycles. The van der Waals surface area contributed by atoms with E-state index in [1.165, 1.54) is 31.4 Å². The van der Waals surface area contributed by atoms with Gasteiger partial charge in [0.2, 0.25) is 0 Å². The Morgan fingerprint density at radius 1 is 1.33 bits per heavy atom. The molecule has 1 nitrogen and oxygen atoms in total. The topological polar surface area (TPSA) is 12.0 Å². The monoisotopic (exact) mass is 267 g/mol. The van der Waals surface area contributed by atoms with Gasteiger partial charge in [0.15, 0.2) is 0 Å². The maximum atomic E-state index is 3.62. The van der Waals surface area contributed by atoms with E-state index in [2.05, 4.69) is 52.4 Å². The normalized spacial score (nSPS) is 26.3. The van der Waals surface area contributed by atoms with E-state index in [1.807, 2.05) is 0 Å². The Morgan fingerprint density at radius 3 is 2.93 bits per heavy atom. The molecule has 0 aliphatic heterocycles. The number of hydrogen-bond donors (Lipinski definition) is 1. The van der Waals surface area contributed by atoms with Crippen molar-refractivity contribution >= 4 is 21.6 Å². The molecule has 1 fully saturated rings. The van der Waals surface area contributed by atoms with Crippen LogP contribution >= 0.6 is 15.9 Å². The smallest absolute Gasteiger partial charge is 0.0353 e. The van der Waals surface area contributed by atoms with E-state index in [1.54, 1.807) is 0 Å². The van der Waals surface area contributed by atoms with E-state index in [0.29, 0.717) is 6.04 Å². The Hall–Kier alpha value is -0.500. The summed E-state index contributed by atoms with van der Waals surface area (Å²) >= 11 is 3.50. The molecule has 0 bridgehead atoms. The van der Waals surface area contributed by atoms with Crippen LogP contribution in [0.25, 0.3) is 0 Å². The first kappa shape index (κ1) is 11.0. The summed E-state index contributed by atoms with van der Waals surface area (Å²) in [5.74, 6) is 0.878. The third-order valence-electron chi connectivity index (χ3n) is 3.13. The summed E-state index contributed by atoms with van der Waals surface area (Å²) in [4.78, 5) is 0. The van der Waals surface area contributed by atoms with Gasteiger partial charge in [0.05, 0.1) is 0 Å². The number of anilines is 1. The fraction of sp³-hybridized carbons (Fsp3) is 0.538. The van der Waals surface area contributed by atoms with Gasteiger partial charge in [0, 0.05) is 16.2 Å². The first-order valence-electron chi connectivity index (χ1n) is 5.76. The molecule has 1 aromatic carbocycles. The molecule has 1 aromatic rings. The molecule has 2 rings (SSSR count). The van der Waals surface area contributed by atoms with Crippen molar-refractivity contribution in [3.8, 4) is 0 Å². The van der Waals surface area contributed by atoms with Crippen molar-refractivity contribution in [3.05, 3.63) is 28.7 Å². The lowest BCUT2D eigenvalue weighted by Crippen LogP contribution is -2.26. The van der Waals surface area contributed by atoms with Crippen LogP contribution in [0, 0.1) is 5.92 Å². The van der Waals surface area contributed by atoms with Crippen LogP contribution < -0.4 is 5.32 Å². The largest absolute Gasteiger partial charge is 0.382 e. The highest BCUT2D eigenvalue weighted by Crippen LogP contribution is 2.26. The molecule has 0 amide bonds. The third-order valence-corrected chi connectivity index (χ3v) is 3.63. The molecular formula is C13H18BrN. The first-order valence-corrected chi connectivity index (χ1v) is 6.55. The van der Waals surface area contributed by atoms with Crippen molar-refractivity contribution in [2.24, 2.45) is 5.92 Å². The molecule has 2 unspecified atom stereocenters. The lowest BCUT2D eigenvalue weighted by molar-refractivity contribution is 0.358. The first-order chi connectivity index (χ1) is 7.24. The van der Waals surface area contributed by atoms with Gasteiger partial charge in [-0.2, -0.15) is 0 Å². The Balaban J connectivity index is 1.96. The second-order valence-corrected chi connectivity index (χ2v) is 5.54. The van der Waals surface area contributed by atoms with Gasteiger partial charge in [-0.05, 0) is 37.0 Å². The van der Waals surface area contributed by atoms with Crippen molar-refractivity contribution in [3.63, 3.8) is 0 Å². The predicted octanol–water partition coefficient (Wildman–Crippen LogP) is 4.44. The Bertz CT molecular complexity index is 324. The summed E-state index contributed by atoms with van der Waals surface area (Å²) in [6.07, 6.45) is 5.40. The minimum Gasteiger partial charge on any atom is -0.382 e. The van der Waals surface area contributed by atoms with Crippen molar-refractivity contribution in [2.75, 3.05) is 5.32 Å². The maximum absolute atomic E-state index is 3.62. The number of hydrogen-bond acceptors (Lipinski definition) is 1. The fourth-order valence-electron chi connectivity index (χ4n) is 2.38. The molecular weight excluding hydrogens is 250 g/mol. The lowest BCUT2D eigenvalue weighted by Gasteiger charge is -2.28. The standard InChI is InChI=1S/C13H18BrN/c1-10-4-2-6-12(8-10)15-13-7-3-5-11(14)9-13/h3,5,7,9-10,12,15H,2,4,6,8H2,1H3. The molecule has 0 aromatic heterocycles. The summed E-state index contributed by atoms with van der Waals surface area (Å²) in [6.45, 7) is 2.36. The van der Waals surface area contributed by atoms with Crippen LogP contribution in [0.4, 0.5) is 5.69 Å². The molecule has 1 N–H and O–H groups in total. The minimum absolute atomic E-state index is 0.669.